The number of carbonyl (C=O) groups excluding carboxylic acids is 1. The molecule has 2 rings (SSSR count). The molecular weight excluding hydrogens is 264 g/mol. The van der Waals surface area contributed by atoms with E-state index in [0.717, 1.165) is 25.3 Å². The summed E-state index contributed by atoms with van der Waals surface area (Å²) in [6.45, 7) is 3.75. The predicted octanol–water partition coefficient (Wildman–Crippen LogP) is 2.36. The van der Waals surface area contributed by atoms with Gasteiger partial charge in [0.1, 0.15) is 0 Å². The van der Waals surface area contributed by atoms with Crippen molar-refractivity contribution >= 4 is 17.4 Å². The molecule has 0 aliphatic carbocycles. The van der Waals surface area contributed by atoms with Gasteiger partial charge in [-0.05, 0) is 57.6 Å². The Labute approximate surface area is 127 Å². The first-order valence-electron chi connectivity index (χ1n) is 7.70. The van der Waals surface area contributed by atoms with Crippen LogP contribution in [0.1, 0.15) is 19.3 Å². The molecule has 0 aromatic heterocycles. The second-order valence-corrected chi connectivity index (χ2v) is 5.78. The van der Waals surface area contributed by atoms with Crippen LogP contribution in [0.25, 0.3) is 0 Å². The quantitative estimate of drug-likeness (QED) is 0.875. The largest absolute Gasteiger partial charge is 0.372 e. The van der Waals surface area contributed by atoms with Crippen LogP contribution in [-0.4, -0.2) is 51.2 Å². The summed E-state index contributed by atoms with van der Waals surface area (Å²) in [7, 11) is 3.97. The molecule has 1 aliphatic heterocycles. The van der Waals surface area contributed by atoms with Gasteiger partial charge in [0.05, 0.1) is 0 Å². The summed E-state index contributed by atoms with van der Waals surface area (Å²) in [4.78, 5) is 16.2. The second kappa shape index (κ2) is 7.88. The van der Waals surface area contributed by atoms with Gasteiger partial charge in [-0.25, -0.2) is 4.79 Å². The number of hydrogen-bond donors (Lipinski definition) is 2. The Morgan fingerprint density at radius 2 is 1.81 bits per heavy atom. The van der Waals surface area contributed by atoms with Crippen molar-refractivity contribution in [2.24, 2.45) is 0 Å². The number of likely N-dealkylation sites (N-methyl/N-ethyl adjacent to an activating group) is 1. The lowest BCUT2D eigenvalue weighted by Crippen LogP contribution is -2.34. The average molecular weight is 290 g/mol. The third kappa shape index (κ3) is 5.27. The van der Waals surface area contributed by atoms with E-state index in [9.17, 15) is 4.79 Å². The lowest BCUT2D eigenvalue weighted by Gasteiger charge is -2.28. The normalized spacial score (nSPS) is 15.1. The fraction of sp³-hybridized carbons (Fsp3) is 0.562. The third-order valence-electron chi connectivity index (χ3n) is 3.69. The van der Waals surface area contributed by atoms with Crippen LogP contribution in [0.2, 0.25) is 0 Å². The van der Waals surface area contributed by atoms with Gasteiger partial charge in [0.25, 0.3) is 0 Å². The summed E-state index contributed by atoms with van der Waals surface area (Å²) >= 11 is 0. The number of amides is 2. The van der Waals surface area contributed by atoms with Crippen LogP contribution in [0.4, 0.5) is 16.2 Å². The zero-order chi connectivity index (χ0) is 15.1. The Balaban J connectivity index is 1.80. The highest BCUT2D eigenvalue weighted by Crippen LogP contribution is 2.21. The SMILES string of the molecule is CN(C)CCNC(=O)Nc1ccc(N2CCCCC2)cc1. The Bertz CT molecular complexity index is 438. The average Bonchev–Trinajstić information content (AvgIpc) is 2.48. The lowest BCUT2D eigenvalue weighted by molar-refractivity contribution is 0.250. The van der Waals surface area contributed by atoms with Crippen molar-refractivity contribution in [3.05, 3.63) is 24.3 Å². The summed E-state index contributed by atoms with van der Waals surface area (Å²) in [5, 5.41) is 5.70. The summed E-state index contributed by atoms with van der Waals surface area (Å²) in [6.07, 6.45) is 3.88. The van der Waals surface area contributed by atoms with Crippen LogP contribution >= 0.6 is 0 Å². The summed E-state index contributed by atoms with van der Waals surface area (Å²) in [5.41, 5.74) is 2.08. The molecule has 1 saturated heterocycles. The van der Waals surface area contributed by atoms with E-state index < -0.39 is 0 Å². The lowest BCUT2D eigenvalue weighted by atomic mass is 10.1. The van der Waals surface area contributed by atoms with E-state index in [2.05, 4.69) is 27.7 Å². The molecule has 0 saturated carbocycles. The maximum atomic E-state index is 11.7. The number of benzene rings is 1. The van der Waals surface area contributed by atoms with E-state index in [1.807, 2.05) is 31.1 Å². The summed E-state index contributed by atoms with van der Waals surface area (Å²) < 4.78 is 0. The maximum absolute atomic E-state index is 11.7. The number of rotatable bonds is 5. The van der Waals surface area contributed by atoms with Gasteiger partial charge in [0.15, 0.2) is 0 Å². The minimum Gasteiger partial charge on any atom is -0.372 e. The van der Waals surface area contributed by atoms with E-state index in [1.54, 1.807) is 0 Å². The minimum absolute atomic E-state index is 0.150. The fourth-order valence-corrected chi connectivity index (χ4v) is 2.48. The van der Waals surface area contributed by atoms with Crippen LogP contribution in [0.15, 0.2) is 24.3 Å². The highest BCUT2D eigenvalue weighted by atomic mass is 16.2. The molecule has 2 amide bonds. The van der Waals surface area contributed by atoms with Gasteiger partial charge in [0, 0.05) is 37.6 Å². The molecule has 0 radical (unpaired) electrons. The van der Waals surface area contributed by atoms with Gasteiger partial charge in [-0.3, -0.25) is 0 Å². The monoisotopic (exact) mass is 290 g/mol. The first-order chi connectivity index (χ1) is 10.1. The number of nitrogens with one attached hydrogen (secondary N) is 2. The fourth-order valence-electron chi connectivity index (χ4n) is 2.48. The number of piperidine rings is 1. The van der Waals surface area contributed by atoms with Crippen molar-refractivity contribution < 1.29 is 4.79 Å². The minimum atomic E-state index is -0.150. The molecule has 1 heterocycles. The molecule has 1 aromatic rings. The van der Waals surface area contributed by atoms with Crippen molar-refractivity contribution in [3.63, 3.8) is 0 Å². The standard InChI is InChI=1S/C16H26N4O/c1-19(2)13-10-17-16(21)18-14-6-8-15(9-7-14)20-11-4-3-5-12-20/h6-9H,3-5,10-13H2,1-2H3,(H2,17,18,21). The molecule has 0 bridgehead atoms. The van der Waals surface area contributed by atoms with Gasteiger partial charge >= 0.3 is 6.03 Å². The molecular formula is C16H26N4O. The number of nitrogens with zero attached hydrogens (tertiary/aromatic N) is 2. The number of urea groups is 1. The molecule has 0 spiro atoms. The highest BCUT2D eigenvalue weighted by molar-refractivity contribution is 5.89. The van der Waals surface area contributed by atoms with E-state index in [0.29, 0.717) is 6.54 Å². The van der Waals surface area contributed by atoms with Crippen molar-refractivity contribution in [2.45, 2.75) is 19.3 Å². The van der Waals surface area contributed by atoms with Crippen molar-refractivity contribution in [1.82, 2.24) is 10.2 Å². The van der Waals surface area contributed by atoms with Crippen LogP contribution in [-0.2, 0) is 0 Å². The molecule has 1 aromatic carbocycles. The van der Waals surface area contributed by atoms with Crippen LogP contribution in [0, 0.1) is 0 Å². The zero-order valence-electron chi connectivity index (χ0n) is 13.1. The number of carbonyl (C=O) groups is 1. The highest BCUT2D eigenvalue weighted by Gasteiger charge is 2.10. The maximum Gasteiger partial charge on any atom is 0.319 e. The smallest absolute Gasteiger partial charge is 0.319 e. The summed E-state index contributed by atoms with van der Waals surface area (Å²) in [6, 6.07) is 7.95. The van der Waals surface area contributed by atoms with E-state index in [4.69, 9.17) is 0 Å². The number of anilines is 2. The molecule has 0 atom stereocenters. The molecule has 0 unspecified atom stereocenters. The van der Waals surface area contributed by atoms with E-state index in [-0.39, 0.29) is 6.03 Å². The Hall–Kier alpha value is -1.75. The van der Waals surface area contributed by atoms with E-state index >= 15 is 0 Å². The molecule has 116 valence electrons. The first-order valence-corrected chi connectivity index (χ1v) is 7.70. The second-order valence-electron chi connectivity index (χ2n) is 5.78. The van der Waals surface area contributed by atoms with Crippen molar-refractivity contribution in [3.8, 4) is 0 Å². The zero-order valence-corrected chi connectivity index (χ0v) is 13.1. The Morgan fingerprint density at radius 3 is 2.43 bits per heavy atom. The van der Waals surface area contributed by atoms with Crippen LogP contribution in [0.3, 0.4) is 0 Å². The van der Waals surface area contributed by atoms with E-state index in [1.165, 1.54) is 24.9 Å². The first kappa shape index (κ1) is 15.6. The van der Waals surface area contributed by atoms with Crippen molar-refractivity contribution in [2.75, 3.05) is 50.5 Å². The van der Waals surface area contributed by atoms with Gasteiger partial charge in [0.2, 0.25) is 0 Å². The molecule has 1 fully saturated rings. The van der Waals surface area contributed by atoms with Gasteiger partial charge < -0.3 is 20.4 Å². The molecule has 1 aliphatic rings. The third-order valence-corrected chi connectivity index (χ3v) is 3.69. The molecule has 5 heteroatoms. The Morgan fingerprint density at radius 1 is 1.14 bits per heavy atom. The summed E-state index contributed by atoms with van der Waals surface area (Å²) in [5.74, 6) is 0. The van der Waals surface area contributed by atoms with Gasteiger partial charge in [-0.1, -0.05) is 0 Å². The predicted molar refractivity (Wildman–Crippen MR) is 88.1 cm³/mol. The Kier molecular flexibility index (Phi) is 5.87. The topological polar surface area (TPSA) is 47.6 Å². The number of hydrogen-bond acceptors (Lipinski definition) is 3. The van der Waals surface area contributed by atoms with Gasteiger partial charge in [-0.15, -0.1) is 0 Å². The van der Waals surface area contributed by atoms with Crippen LogP contribution < -0.4 is 15.5 Å². The molecule has 21 heavy (non-hydrogen) atoms. The van der Waals surface area contributed by atoms with Gasteiger partial charge in [-0.2, -0.15) is 0 Å². The van der Waals surface area contributed by atoms with Crippen molar-refractivity contribution in [1.29, 1.82) is 0 Å². The molecule has 5 nitrogen and oxygen atoms in total. The van der Waals surface area contributed by atoms with Crippen LogP contribution in [0.5, 0.6) is 0 Å². The molecule has 2 N–H and O–H groups in total.